The highest BCUT2D eigenvalue weighted by molar-refractivity contribution is 5.85. The zero-order chi connectivity index (χ0) is 18.8. The van der Waals surface area contributed by atoms with Gasteiger partial charge in [-0.05, 0) is 57.1 Å². The minimum Gasteiger partial charge on any atom is -0.376 e. The third-order valence-corrected chi connectivity index (χ3v) is 6.06. The van der Waals surface area contributed by atoms with Gasteiger partial charge in [0.1, 0.15) is 6.10 Å². The number of piperidine rings is 1. The lowest BCUT2D eigenvalue weighted by Crippen LogP contribution is -2.44. The number of amides is 1. The number of rotatable bonds is 5. The Labute approximate surface area is 161 Å². The summed E-state index contributed by atoms with van der Waals surface area (Å²) in [6.07, 6.45) is 3.92. The molecule has 0 spiro atoms. The monoisotopic (exact) mass is 370 g/mol. The maximum Gasteiger partial charge on any atom is 0.251 e. The lowest BCUT2D eigenvalue weighted by Gasteiger charge is -2.34. The number of nitrogens with zero attached hydrogens (tertiary/aromatic N) is 1. The zero-order valence-electron chi connectivity index (χ0n) is 16.4. The topological polar surface area (TPSA) is 54.6 Å². The lowest BCUT2D eigenvalue weighted by molar-refractivity contribution is -0.145. The molecule has 1 aromatic carbocycles. The first kappa shape index (κ1) is 18.5. The van der Waals surface area contributed by atoms with Gasteiger partial charge in [0.2, 0.25) is 0 Å². The molecule has 0 saturated carbocycles. The Morgan fingerprint density at radius 2 is 2.07 bits per heavy atom. The molecule has 1 aromatic heterocycles. The normalized spacial score (nSPS) is 22.4. The van der Waals surface area contributed by atoms with E-state index in [-0.39, 0.29) is 18.1 Å². The van der Waals surface area contributed by atoms with Gasteiger partial charge in [-0.1, -0.05) is 18.2 Å². The van der Waals surface area contributed by atoms with Crippen LogP contribution in [-0.2, 0) is 14.3 Å². The van der Waals surface area contributed by atoms with Crippen molar-refractivity contribution in [1.82, 2.24) is 9.88 Å². The summed E-state index contributed by atoms with van der Waals surface area (Å²) in [5.41, 5.74) is 3.90. The number of aryl methyl sites for hydroxylation is 1. The van der Waals surface area contributed by atoms with Gasteiger partial charge in [-0.3, -0.25) is 4.79 Å². The van der Waals surface area contributed by atoms with Crippen molar-refractivity contribution >= 4 is 16.8 Å². The van der Waals surface area contributed by atoms with E-state index >= 15 is 0 Å². The van der Waals surface area contributed by atoms with E-state index in [1.165, 1.54) is 22.2 Å². The van der Waals surface area contributed by atoms with E-state index < -0.39 is 0 Å². The zero-order valence-corrected chi connectivity index (χ0v) is 16.4. The Kier molecular flexibility index (Phi) is 5.50. The van der Waals surface area contributed by atoms with Crippen LogP contribution >= 0.6 is 0 Å². The fourth-order valence-corrected chi connectivity index (χ4v) is 4.57. The van der Waals surface area contributed by atoms with Gasteiger partial charge in [0.05, 0.1) is 12.7 Å². The molecule has 5 nitrogen and oxygen atoms in total. The standard InChI is InChI=1S/C22H30N2O3/c1-15-21(19-7-3-4-8-20(19)23-15)17-9-11-24(12-10-17)22(25)16(2)27-14-18-6-5-13-26-18/h3-4,7-8,16-18,23H,5-6,9-14H2,1-2H3/t16-,18+/m1/s1. The van der Waals surface area contributed by atoms with Crippen LogP contribution in [0.25, 0.3) is 10.9 Å². The summed E-state index contributed by atoms with van der Waals surface area (Å²) in [4.78, 5) is 18.2. The van der Waals surface area contributed by atoms with Crippen LogP contribution < -0.4 is 0 Å². The van der Waals surface area contributed by atoms with E-state index in [4.69, 9.17) is 9.47 Å². The second kappa shape index (κ2) is 8.03. The maximum absolute atomic E-state index is 12.7. The van der Waals surface area contributed by atoms with Crippen molar-refractivity contribution in [2.24, 2.45) is 0 Å². The summed E-state index contributed by atoms with van der Waals surface area (Å²) in [6, 6.07) is 8.51. The van der Waals surface area contributed by atoms with E-state index in [1.54, 1.807) is 0 Å². The molecule has 4 rings (SSSR count). The smallest absolute Gasteiger partial charge is 0.251 e. The second-order valence-corrected chi connectivity index (χ2v) is 7.92. The van der Waals surface area contributed by atoms with Crippen molar-refractivity contribution in [2.45, 2.75) is 57.7 Å². The predicted molar refractivity (Wildman–Crippen MR) is 106 cm³/mol. The number of carbonyl (C=O) groups is 1. The van der Waals surface area contributed by atoms with Gasteiger partial charge in [0.25, 0.3) is 5.91 Å². The minimum absolute atomic E-state index is 0.113. The number of ether oxygens (including phenoxy) is 2. The van der Waals surface area contributed by atoms with Crippen molar-refractivity contribution in [2.75, 3.05) is 26.3 Å². The van der Waals surface area contributed by atoms with E-state index in [0.29, 0.717) is 12.5 Å². The number of benzene rings is 1. The Bertz CT molecular complexity index is 786. The van der Waals surface area contributed by atoms with Gasteiger partial charge in [0.15, 0.2) is 0 Å². The first-order valence-corrected chi connectivity index (χ1v) is 10.2. The number of likely N-dealkylation sites (tertiary alicyclic amines) is 1. The Morgan fingerprint density at radius 1 is 1.30 bits per heavy atom. The molecule has 2 saturated heterocycles. The second-order valence-electron chi connectivity index (χ2n) is 7.92. The molecule has 5 heteroatoms. The highest BCUT2D eigenvalue weighted by Crippen LogP contribution is 2.35. The molecular formula is C22H30N2O3. The van der Waals surface area contributed by atoms with E-state index in [2.05, 4.69) is 36.2 Å². The SMILES string of the molecule is Cc1[nH]c2ccccc2c1C1CCN(C(=O)[C@@H](C)OC[C@@H]2CCCO2)CC1. The van der Waals surface area contributed by atoms with Gasteiger partial charge >= 0.3 is 0 Å². The number of aromatic amines is 1. The van der Waals surface area contributed by atoms with E-state index in [0.717, 1.165) is 45.4 Å². The van der Waals surface area contributed by atoms with Crippen LogP contribution in [0.15, 0.2) is 24.3 Å². The third kappa shape index (κ3) is 3.90. The fourth-order valence-electron chi connectivity index (χ4n) is 4.57. The average molecular weight is 370 g/mol. The first-order valence-electron chi connectivity index (χ1n) is 10.2. The van der Waals surface area contributed by atoms with Gasteiger partial charge in [0, 0.05) is 36.3 Å². The number of hydrogen-bond acceptors (Lipinski definition) is 3. The Morgan fingerprint density at radius 3 is 2.81 bits per heavy atom. The molecule has 2 aliphatic heterocycles. The molecule has 0 aliphatic carbocycles. The van der Waals surface area contributed by atoms with Crippen molar-refractivity contribution in [3.8, 4) is 0 Å². The Balaban J connectivity index is 1.34. The number of fused-ring (bicyclic) bond motifs is 1. The van der Waals surface area contributed by atoms with Crippen LogP contribution in [-0.4, -0.2) is 54.3 Å². The van der Waals surface area contributed by atoms with Crippen LogP contribution in [0.3, 0.4) is 0 Å². The van der Waals surface area contributed by atoms with Gasteiger partial charge in [-0.15, -0.1) is 0 Å². The van der Waals surface area contributed by atoms with Crippen molar-refractivity contribution in [3.63, 3.8) is 0 Å². The molecule has 2 aliphatic rings. The van der Waals surface area contributed by atoms with Crippen LogP contribution in [0, 0.1) is 6.92 Å². The van der Waals surface area contributed by atoms with Crippen molar-refractivity contribution < 1.29 is 14.3 Å². The quantitative estimate of drug-likeness (QED) is 0.872. The van der Waals surface area contributed by atoms with E-state index in [9.17, 15) is 4.79 Å². The molecule has 27 heavy (non-hydrogen) atoms. The summed E-state index contributed by atoms with van der Waals surface area (Å²) in [5, 5.41) is 1.33. The van der Waals surface area contributed by atoms with Crippen LogP contribution in [0.1, 0.15) is 49.8 Å². The van der Waals surface area contributed by atoms with E-state index in [1.807, 2.05) is 11.8 Å². The molecule has 0 radical (unpaired) electrons. The molecule has 0 unspecified atom stereocenters. The fraction of sp³-hybridized carbons (Fsp3) is 0.591. The summed E-state index contributed by atoms with van der Waals surface area (Å²) in [7, 11) is 0. The lowest BCUT2D eigenvalue weighted by atomic mass is 9.87. The van der Waals surface area contributed by atoms with Gasteiger partial charge < -0.3 is 19.4 Å². The molecule has 1 N–H and O–H groups in total. The van der Waals surface area contributed by atoms with Gasteiger partial charge in [-0.2, -0.15) is 0 Å². The number of para-hydroxylation sites is 1. The maximum atomic E-state index is 12.7. The van der Waals surface area contributed by atoms with Gasteiger partial charge in [-0.25, -0.2) is 0 Å². The minimum atomic E-state index is -0.388. The highest BCUT2D eigenvalue weighted by Gasteiger charge is 2.29. The molecule has 3 heterocycles. The number of nitrogens with one attached hydrogen (secondary N) is 1. The molecule has 1 amide bonds. The Hall–Kier alpha value is -1.85. The van der Waals surface area contributed by atoms with Crippen LogP contribution in [0.4, 0.5) is 0 Å². The number of carbonyl (C=O) groups excluding carboxylic acids is 1. The molecular weight excluding hydrogens is 340 g/mol. The predicted octanol–water partition coefficient (Wildman–Crippen LogP) is 3.77. The summed E-state index contributed by atoms with van der Waals surface area (Å²) < 4.78 is 11.4. The van der Waals surface area contributed by atoms with Crippen LogP contribution in [0.2, 0.25) is 0 Å². The number of H-pyrrole nitrogens is 1. The highest BCUT2D eigenvalue weighted by atomic mass is 16.5. The molecule has 2 atom stereocenters. The molecule has 2 aromatic rings. The number of aromatic nitrogens is 1. The van der Waals surface area contributed by atoms with Crippen molar-refractivity contribution in [1.29, 1.82) is 0 Å². The largest absolute Gasteiger partial charge is 0.376 e. The summed E-state index contributed by atoms with van der Waals surface area (Å²) in [6.45, 7) is 6.97. The summed E-state index contributed by atoms with van der Waals surface area (Å²) >= 11 is 0. The van der Waals surface area contributed by atoms with Crippen molar-refractivity contribution in [3.05, 3.63) is 35.5 Å². The number of hydrogen-bond donors (Lipinski definition) is 1. The first-order chi connectivity index (χ1) is 13.1. The third-order valence-electron chi connectivity index (χ3n) is 6.06. The average Bonchev–Trinajstić information content (AvgIpc) is 3.32. The molecule has 146 valence electrons. The molecule has 2 fully saturated rings. The summed E-state index contributed by atoms with van der Waals surface area (Å²) in [5.74, 6) is 0.621. The van der Waals surface area contributed by atoms with Crippen LogP contribution in [0.5, 0.6) is 0 Å². The molecule has 0 bridgehead atoms.